The number of hydrogen-bond acceptors (Lipinski definition) is 2. The van der Waals surface area contributed by atoms with Crippen LogP contribution in [0, 0.1) is 5.82 Å². The topological polar surface area (TPSA) is 37.3 Å². The highest BCUT2D eigenvalue weighted by molar-refractivity contribution is 6.30. The van der Waals surface area contributed by atoms with Crippen LogP contribution in [0.1, 0.15) is 15.9 Å². The van der Waals surface area contributed by atoms with Gasteiger partial charge in [-0.3, -0.25) is 4.79 Å². The minimum atomic E-state index is -0.569. The second kappa shape index (κ2) is 4.55. The van der Waals surface area contributed by atoms with Crippen molar-refractivity contribution in [3.63, 3.8) is 0 Å². The molecule has 1 N–H and O–H groups in total. The lowest BCUT2D eigenvalue weighted by Gasteiger charge is -2.04. The Bertz CT molecular complexity index is 564. The Balaban J connectivity index is 2.43. The molecular formula is C13H8ClFO2. The maximum Gasteiger partial charge on any atom is 0.196 e. The fraction of sp³-hybridized carbons (Fsp3) is 0. The zero-order valence-corrected chi connectivity index (χ0v) is 9.41. The fourth-order valence-electron chi connectivity index (χ4n) is 1.45. The molecular weight excluding hydrogens is 243 g/mol. The molecule has 0 aromatic heterocycles. The molecule has 0 amide bonds. The molecule has 4 heteroatoms. The molecule has 0 aliphatic heterocycles. The van der Waals surface area contributed by atoms with E-state index in [0.29, 0.717) is 10.6 Å². The van der Waals surface area contributed by atoms with Gasteiger partial charge in [0.1, 0.15) is 11.6 Å². The van der Waals surface area contributed by atoms with E-state index in [4.69, 9.17) is 11.6 Å². The van der Waals surface area contributed by atoms with E-state index in [1.807, 2.05) is 0 Å². The molecule has 0 bridgehead atoms. The van der Waals surface area contributed by atoms with E-state index < -0.39 is 11.6 Å². The number of aromatic hydroxyl groups is 1. The summed E-state index contributed by atoms with van der Waals surface area (Å²) in [4.78, 5) is 12.0. The second-order valence-electron chi connectivity index (χ2n) is 3.50. The Hall–Kier alpha value is -1.87. The molecule has 0 radical (unpaired) electrons. The third-order valence-electron chi connectivity index (χ3n) is 2.31. The lowest BCUT2D eigenvalue weighted by Crippen LogP contribution is -2.02. The number of benzene rings is 2. The molecule has 2 nitrogen and oxygen atoms in total. The Morgan fingerprint density at radius 2 is 1.76 bits per heavy atom. The summed E-state index contributed by atoms with van der Waals surface area (Å²) in [6.45, 7) is 0. The van der Waals surface area contributed by atoms with Crippen molar-refractivity contribution >= 4 is 17.4 Å². The summed E-state index contributed by atoms with van der Waals surface area (Å²) in [5, 5.41) is 10.0. The summed E-state index contributed by atoms with van der Waals surface area (Å²) in [5.74, 6) is -1.26. The van der Waals surface area contributed by atoms with Crippen molar-refractivity contribution in [2.75, 3.05) is 0 Å². The summed E-state index contributed by atoms with van der Waals surface area (Å²) in [6.07, 6.45) is 0. The molecule has 0 atom stereocenters. The van der Waals surface area contributed by atoms with Crippen LogP contribution >= 0.6 is 11.6 Å². The fourth-order valence-corrected chi connectivity index (χ4v) is 1.57. The first-order chi connectivity index (χ1) is 8.08. The van der Waals surface area contributed by atoms with Crippen LogP contribution in [0.2, 0.25) is 5.02 Å². The molecule has 0 aliphatic rings. The first-order valence-electron chi connectivity index (χ1n) is 4.87. The van der Waals surface area contributed by atoms with Gasteiger partial charge in [-0.25, -0.2) is 4.39 Å². The highest BCUT2D eigenvalue weighted by Crippen LogP contribution is 2.22. The predicted molar refractivity (Wildman–Crippen MR) is 62.9 cm³/mol. The first-order valence-corrected chi connectivity index (χ1v) is 5.24. The van der Waals surface area contributed by atoms with Gasteiger partial charge in [-0.05, 0) is 42.5 Å². The summed E-state index contributed by atoms with van der Waals surface area (Å²) in [5.41, 5.74) is 0.280. The highest BCUT2D eigenvalue weighted by atomic mass is 35.5. The molecule has 0 aliphatic carbocycles. The number of phenols is 1. The lowest BCUT2D eigenvalue weighted by atomic mass is 10.0. The van der Waals surface area contributed by atoms with Crippen LogP contribution in [-0.2, 0) is 0 Å². The smallest absolute Gasteiger partial charge is 0.196 e. The zero-order chi connectivity index (χ0) is 12.4. The minimum absolute atomic E-state index is 0.0627. The Kier molecular flexibility index (Phi) is 3.11. The van der Waals surface area contributed by atoms with Crippen molar-refractivity contribution in [2.45, 2.75) is 0 Å². The van der Waals surface area contributed by atoms with Gasteiger partial charge >= 0.3 is 0 Å². The van der Waals surface area contributed by atoms with Gasteiger partial charge in [0.25, 0.3) is 0 Å². The van der Waals surface area contributed by atoms with Crippen LogP contribution in [0.25, 0.3) is 0 Å². The van der Waals surface area contributed by atoms with Crippen molar-refractivity contribution in [3.05, 3.63) is 64.4 Å². The molecule has 2 rings (SSSR count). The molecule has 86 valence electrons. The molecule has 0 spiro atoms. The number of rotatable bonds is 2. The normalized spacial score (nSPS) is 10.2. The summed E-state index contributed by atoms with van der Waals surface area (Å²) >= 11 is 5.70. The first kappa shape index (κ1) is 11.6. The van der Waals surface area contributed by atoms with E-state index in [0.717, 1.165) is 18.2 Å². The quantitative estimate of drug-likeness (QED) is 0.830. The molecule has 0 unspecified atom stereocenters. The van der Waals surface area contributed by atoms with Crippen LogP contribution in [-0.4, -0.2) is 10.9 Å². The minimum Gasteiger partial charge on any atom is -0.507 e. The second-order valence-corrected chi connectivity index (χ2v) is 3.93. The maximum atomic E-state index is 13.0. The number of carbonyl (C=O) groups is 1. The van der Waals surface area contributed by atoms with Crippen LogP contribution in [0.15, 0.2) is 42.5 Å². The van der Waals surface area contributed by atoms with Crippen molar-refractivity contribution in [2.24, 2.45) is 0 Å². The third kappa shape index (κ3) is 2.45. The summed E-state index contributed by atoms with van der Waals surface area (Å²) in [7, 11) is 0. The van der Waals surface area contributed by atoms with Crippen LogP contribution in [0.4, 0.5) is 4.39 Å². The Morgan fingerprint density at radius 3 is 2.41 bits per heavy atom. The van der Waals surface area contributed by atoms with E-state index in [1.165, 1.54) is 12.1 Å². The Labute approximate surface area is 102 Å². The standard InChI is InChI=1S/C13H8ClFO2/c14-9-3-1-8(2-4-9)13(17)11-7-10(15)5-6-12(11)16/h1-7,16H. The average molecular weight is 251 g/mol. The molecule has 0 fully saturated rings. The molecule has 2 aromatic rings. The van der Waals surface area contributed by atoms with Crippen molar-refractivity contribution in [1.82, 2.24) is 0 Å². The highest BCUT2D eigenvalue weighted by Gasteiger charge is 2.14. The number of phenolic OH excluding ortho intramolecular Hbond substituents is 1. The average Bonchev–Trinajstić information content (AvgIpc) is 2.32. The van der Waals surface area contributed by atoms with Gasteiger partial charge in [0.2, 0.25) is 0 Å². The van der Waals surface area contributed by atoms with Gasteiger partial charge in [-0.2, -0.15) is 0 Å². The van der Waals surface area contributed by atoms with E-state index in [9.17, 15) is 14.3 Å². The van der Waals surface area contributed by atoms with E-state index >= 15 is 0 Å². The molecule has 17 heavy (non-hydrogen) atoms. The predicted octanol–water partition coefficient (Wildman–Crippen LogP) is 3.42. The van der Waals surface area contributed by atoms with E-state index in [2.05, 4.69) is 0 Å². The van der Waals surface area contributed by atoms with Crippen LogP contribution < -0.4 is 0 Å². The van der Waals surface area contributed by atoms with Crippen molar-refractivity contribution < 1.29 is 14.3 Å². The van der Waals surface area contributed by atoms with Crippen molar-refractivity contribution in [1.29, 1.82) is 0 Å². The van der Waals surface area contributed by atoms with E-state index in [1.54, 1.807) is 12.1 Å². The summed E-state index contributed by atoms with van der Waals surface area (Å²) in [6, 6.07) is 9.42. The van der Waals surface area contributed by atoms with Gasteiger partial charge in [-0.1, -0.05) is 11.6 Å². The Morgan fingerprint density at radius 1 is 1.12 bits per heavy atom. The van der Waals surface area contributed by atoms with Gasteiger partial charge < -0.3 is 5.11 Å². The van der Waals surface area contributed by atoms with E-state index in [-0.39, 0.29) is 11.3 Å². The number of carbonyl (C=O) groups excluding carboxylic acids is 1. The molecule has 2 aromatic carbocycles. The third-order valence-corrected chi connectivity index (χ3v) is 2.56. The molecule has 0 heterocycles. The van der Waals surface area contributed by atoms with Crippen LogP contribution in [0.3, 0.4) is 0 Å². The SMILES string of the molecule is O=C(c1ccc(Cl)cc1)c1cc(F)ccc1O. The number of hydrogen-bond donors (Lipinski definition) is 1. The van der Waals surface area contributed by atoms with Gasteiger partial charge in [0, 0.05) is 10.6 Å². The van der Waals surface area contributed by atoms with Crippen LogP contribution in [0.5, 0.6) is 5.75 Å². The van der Waals surface area contributed by atoms with Gasteiger partial charge in [0.05, 0.1) is 5.56 Å². The molecule has 0 saturated carbocycles. The number of halogens is 2. The van der Waals surface area contributed by atoms with Crippen molar-refractivity contribution in [3.8, 4) is 5.75 Å². The number of ketones is 1. The van der Waals surface area contributed by atoms with Gasteiger partial charge in [0.15, 0.2) is 5.78 Å². The zero-order valence-electron chi connectivity index (χ0n) is 8.65. The largest absolute Gasteiger partial charge is 0.507 e. The molecule has 0 saturated heterocycles. The monoisotopic (exact) mass is 250 g/mol. The van der Waals surface area contributed by atoms with Gasteiger partial charge in [-0.15, -0.1) is 0 Å². The maximum absolute atomic E-state index is 13.0. The summed E-state index contributed by atoms with van der Waals surface area (Å²) < 4.78 is 13.0. The lowest BCUT2D eigenvalue weighted by molar-refractivity contribution is 0.103.